The average molecular weight is 263 g/mol. The molecule has 2 atom stereocenters. The molecule has 0 saturated carbocycles. The maximum Gasteiger partial charge on any atom is 0.147 e. The lowest BCUT2D eigenvalue weighted by atomic mass is 9.77. The molecular formula is C12H25NO3S. The highest BCUT2D eigenvalue weighted by Crippen LogP contribution is 2.38. The Labute approximate surface area is 105 Å². The molecule has 0 amide bonds. The van der Waals surface area contributed by atoms with Gasteiger partial charge >= 0.3 is 0 Å². The molecule has 1 rings (SSSR count). The maximum atomic E-state index is 11.2. The summed E-state index contributed by atoms with van der Waals surface area (Å²) in [5.74, 6) is 0.285. The van der Waals surface area contributed by atoms with E-state index >= 15 is 0 Å². The van der Waals surface area contributed by atoms with Gasteiger partial charge in [0.25, 0.3) is 0 Å². The van der Waals surface area contributed by atoms with E-state index in [1.807, 2.05) is 0 Å². The lowest BCUT2D eigenvalue weighted by Gasteiger charge is -2.32. The third-order valence-electron chi connectivity index (χ3n) is 3.75. The van der Waals surface area contributed by atoms with Gasteiger partial charge in [0, 0.05) is 30.6 Å². The normalized spacial score (nSPS) is 29.7. The molecule has 0 radical (unpaired) electrons. The fraction of sp³-hybridized carbons (Fsp3) is 1.00. The minimum atomic E-state index is -2.84. The van der Waals surface area contributed by atoms with Crippen LogP contribution in [0.4, 0.5) is 0 Å². The van der Waals surface area contributed by atoms with Crippen molar-refractivity contribution in [3.8, 4) is 0 Å². The van der Waals surface area contributed by atoms with Crippen molar-refractivity contribution in [2.24, 2.45) is 5.41 Å². The van der Waals surface area contributed by atoms with E-state index in [0.29, 0.717) is 0 Å². The Balaban J connectivity index is 2.52. The number of nitrogens with one attached hydrogen (secondary N) is 1. The van der Waals surface area contributed by atoms with Gasteiger partial charge in [0.15, 0.2) is 0 Å². The van der Waals surface area contributed by atoms with Crippen LogP contribution < -0.4 is 5.32 Å². The van der Waals surface area contributed by atoms with Gasteiger partial charge in [-0.15, -0.1) is 0 Å². The molecule has 0 aromatic carbocycles. The largest absolute Gasteiger partial charge is 0.378 e. The quantitative estimate of drug-likeness (QED) is 0.750. The molecule has 1 heterocycles. The predicted molar refractivity (Wildman–Crippen MR) is 70.0 cm³/mol. The third-order valence-corrected chi connectivity index (χ3v) is 4.78. The Morgan fingerprint density at radius 3 is 2.65 bits per heavy atom. The van der Waals surface area contributed by atoms with Crippen LogP contribution in [0.3, 0.4) is 0 Å². The number of ether oxygens (including phenoxy) is 1. The molecule has 102 valence electrons. The molecule has 0 bridgehead atoms. The summed E-state index contributed by atoms with van der Waals surface area (Å²) in [6.45, 7) is 6.86. The first-order valence-corrected chi connectivity index (χ1v) is 8.46. The van der Waals surface area contributed by atoms with Gasteiger partial charge in [-0.25, -0.2) is 8.42 Å². The van der Waals surface area contributed by atoms with E-state index in [0.717, 1.165) is 39.0 Å². The van der Waals surface area contributed by atoms with Crippen LogP contribution in [0.2, 0.25) is 0 Å². The summed E-state index contributed by atoms with van der Waals surface area (Å²) in [4.78, 5) is 0. The van der Waals surface area contributed by atoms with Crippen molar-refractivity contribution in [3.05, 3.63) is 0 Å². The Kier molecular flexibility index (Phi) is 5.41. The van der Waals surface area contributed by atoms with Crippen LogP contribution in [0.25, 0.3) is 0 Å². The number of hydrogen-bond donors (Lipinski definition) is 1. The smallest absolute Gasteiger partial charge is 0.147 e. The number of rotatable bonds is 7. The van der Waals surface area contributed by atoms with Crippen molar-refractivity contribution in [1.29, 1.82) is 0 Å². The molecule has 5 heteroatoms. The summed E-state index contributed by atoms with van der Waals surface area (Å²) < 4.78 is 28.0. The summed E-state index contributed by atoms with van der Waals surface area (Å²) in [7, 11) is -2.84. The minimum Gasteiger partial charge on any atom is -0.378 e. The van der Waals surface area contributed by atoms with Crippen molar-refractivity contribution >= 4 is 9.84 Å². The van der Waals surface area contributed by atoms with Crippen LogP contribution in [0.5, 0.6) is 0 Å². The van der Waals surface area contributed by atoms with Crippen molar-refractivity contribution < 1.29 is 13.2 Å². The highest BCUT2D eigenvalue weighted by atomic mass is 32.2. The summed E-state index contributed by atoms with van der Waals surface area (Å²) in [6.07, 6.45) is 4.22. The SMILES string of the molecule is CCNCC1(CCCS(C)(=O)=O)CCOC1C. The van der Waals surface area contributed by atoms with Crippen LogP contribution in [0.1, 0.15) is 33.1 Å². The van der Waals surface area contributed by atoms with E-state index in [1.165, 1.54) is 6.26 Å². The second-order valence-corrected chi connectivity index (χ2v) is 7.40. The summed E-state index contributed by atoms with van der Waals surface area (Å²) in [6, 6.07) is 0. The average Bonchev–Trinajstić information content (AvgIpc) is 2.56. The van der Waals surface area contributed by atoms with Gasteiger partial charge in [-0.05, 0) is 32.7 Å². The van der Waals surface area contributed by atoms with Gasteiger partial charge in [-0.3, -0.25) is 0 Å². The topological polar surface area (TPSA) is 55.4 Å². The lowest BCUT2D eigenvalue weighted by molar-refractivity contribution is 0.0584. The van der Waals surface area contributed by atoms with Gasteiger partial charge in [-0.2, -0.15) is 0 Å². The van der Waals surface area contributed by atoms with Crippen molar-refractivity contribution in [1.82, 2.24) is 5.32 Å². The van der Waals surface area contributed by atoms with Gasteiger partial charge in [0.1, 0.15) is 9.84 Å². The molecule has 1 fully saturated rings. The molecule has 1 N–H and O–H groups in total. The van der Waals surface area contributed by atoms with E-state index in [-0.39, 0.29) is 17.3 Å². The molecule has 0 aromatic heterocycles. The number of hydrogen-bond acceptors (Lipinski definition) is 4. The Hall–Kier alpha value is -0.130. The summed E-state index contributed by atoms with van der Waals surface area (Å²) >= 11 is 0. The minimum absolute atomic E-state index is 0.126. The van der Waals surface area contributed by atoms with E-state index in [1.54, 1.807) is 0 Å². The first-order valence-electron chi connectivity index (χ1n) is 6.40. The fourth-order valence-corrected chi connectivity index (χ4v) is 3.20. The van der Waals surface area contributed by atoms with Crippen molar-refractivity contribution in [2.45, 2.75) is 39.2 Å². The van der Waals surface area contributed by atoms with Gasteiger partial charge in [-0.1, -0.05) is 6.92 Å². The molecule has 0 aliphatic carbocycles. The molecule has 0 spiro atoms. The van der Waals surface area contributed by atoms with E-state index < -0.39 is 9.84 Å². The predicted octanol–water partition coefficient (Wildman–Crippen LogP) is 1.22. The van der Waals surface area contributed by atoms with Crippen LogP contribution in [0.15, 0.2) is 0 Å². The molecule has 1 saturated heterocycles. The van der Waals surface area contributed by atoms with Crippen LogP contribution in [0, 0.1) is 5.41 Å². The number of sulfone groups is 1. The zero-order valence-corrected chi connectivity index (χ0v) is 12.0. The summed E-state index contributed by atoms with van der Waals surface area (Å²) in [5, 5.41) is 3.38. The highest BCUT2D eigenvalue weighted by Gasteiger charge is 2.40. The third kappa shape index (κ3) is 4.56. The van der Waals surface area contributed by atoms with E-state index in [2.05, 4.69) is 19.2 Å². The second-order valence-electron chi connectivity index (χ2n) is 5.14. The zero-order chi connectivity index (χ0) is 12.9. The Morgan fingerprint density at radius 1 is 1.47 bits per heavy atom. The van der Waals surface area contributed by atoms with Gasteiger partial charge in [0.2, 0.25) is 0 Å². The van der Waals surface area contributed by atoms with Crippen LogP contribution >= 0.6 is 0 Å². The van der Waals surface area contributed by atoms with Crippen molar-refractivity contribution in [3.63, 3.8) is 0 Å². The van der Waals surface area contributed by atoms with Gasteiger partial charge < -0.3 is 10.1 Å². The van der Waals surface area contributed by atoms with Crippen molar-refractivity contribution in [2.75, 3.05) is 31.7 Å². The standard InChI is InChI=1S/C12H25NO3S/c1-4-13-10-12(7-8-16-11(12)2)6-5-9-17(3,14)15/h11,13H,4-10H2,1-3H3. The molecule has 1 aliphatic heterocycles. The first-order chi connectivity index (χ1) is 7.90. The molecule has 17 heavy (non-hydrogen) atoms. The van der Waals surface area contributed by atoms with E-state index in [4.69, 9.17) is 4.74 Å². The molecule has 1 aliphatic rings. The Morgan fingerprint density at radius 2 is 2.18 bits per heavy atom. The van der Waals surface area contributed by atoms with Gasteiger partial charge in [0.05, 0.1) is 6.10 Å². The monoisotopic (exact) mass is 263 g/mol. The fourth-order valence-electron chi connectivity index (χ4n) is 2.53. The summed E-state index contributed by atoms with van der Waals surface area (Å²) in [5.41, 5.74) is 0.126. The maximum absolute atomic E-state index is 11.2. The molecule has 0 aromatic rings. The molecular weight excluding hydrogens is 238 g/mol. The second kappa shape index (κ2) is 6.16. The van der Waals surface area contributed by atoms with E-state index in [9.17, 15) is 8.42 Å². The lowest BCUT2D eigenvalue weighted by Crippen LogP contribution is -2.39. The Bertz CT molecular complexity index is 329. The molecule has 2 unspecified atom stereocenters. The first kappa shape index (κ1) is 14.9. The zero-order valence-electron chi connectivity index (χ0n) is 11.2. The molecule has 4 nitrogen and oxygen atoms in total. The highest BCUT2D eigenvalue weighted by molar-refractivity contribution is 7.90. The van der Waals surface area contributed by atoms with Crippen LogP contribution in [-0.2, 0) is 14.6 Å². The van der Waals surface area contributed by atoms with Crippen LogP contribution in [-0.4, -0.2) is 46.2 Å².